The molecule has 0 heterocycles. The zero-order valence-corrected chi connectivity index (χ0v) is 9.09. The SMILES string of the molecule is COSC.NC1CC(N)CC(O)C1. The Bertz CT molecular complexity index is 99.7. The Morgan fingerprint density at radius 2 is 1.62 bits per heavy atom. The van der Waals surface area contributed by atoms with Crippen LogP contribution in [0.25, 0.3) is 0 Å². The number of hydrogen-bond donors (Lipinski definition) is 3. The van der Waals surface area contributed by atoms with Gasteiger partial charge < -0.3 is 20.8 Å². The molecule has 0 aromatic heterocycles. The number of nitrogens with two attached hydrogens (primary N) is 2. The third-order valence-corrected chi connectivity index (χ3v) is 2.26. The van der Waals surface area contributed by atoms with Gasteiger partial charge >= 0.3 is 0 Å². The van der Waals surface area contributed by atoms with Crippen molar-refractivity contribution in [2.24, 2.45) is 11.5 Å². The van der Waals surface area contributed by atoms with Gasteiger partial charge in [-0.25, -0.2) is 0 Å². The summed E-state index contributed by atoms with van der Waals surface area (Å²) in [5.41, 5.74) is 11.2. The zero-order chi connectivity index (χ0) is 10.3. The van der Waals surface area contributed by atoms with Gasteiger partial charge in [-0.1, -0.05) is 0 Å². The lowest BCUT2D eigenvalue weighted by molar-refractivity contribution is 0.111. The molecule has 1 rings (SSSR count). The van der Waals surface area contributed by atoms with Crippen LogP contribution in [0.1, 0.15) is 19.3 Å². The fourth-order valence-corrected chi connectivity index (χ4v) is 1.38. The summed E-state index contributed by atoms with van der Waals surface area (Å²) in [4.78, 5) is 0. The first-order chi connectivity index (χ1) is 6.10. The molecule has 0 bridgehead atoms. The largest absolute Gasteiger partial charge is 0.393 e. The lowest BCUT2D eigenvalue weighted by Crippen LogP contribution is -2.41. The first-order valence-corrected chi connectivity index (χ1v) is 5.51. The quantitative estimate of drug-likeness (QED) is 0.532. The van der Waals surface area contributed by atoms with Crippen LogP contribution in [-0.2, 0) is 4.18 Å². The van der Waals surface area contributed by atoms with Crippen molar-refractivity contribution >= 4 is 12.0 Å². The average Bonchev–Trinajstić information content (AvgIpc) is 2.02. The molecule has 0 spiro atoms. The molecule has 1 aliphatic carbocycles. The van der Waals surface area contributed by atoms with Crippen molar-refractivity contribution in [3.63, 3.8) is 0 Å². The number of hydrogen-bond acceptors (Lipinski definition) is 5. The molecule has 2 unspecified atom stereocenters. The fourth-order valence-electron chi connectivity index (χ4n) is 1.38. The standard InChI is InChI=1S/C6H14N2O.C2H6OS/c7-4-1-5(8)3-6(9)2-4;1-3-4-2/h4-6,9H,1-3,7-8H2;1-2H3. The van der Waals surface area contributed by atoms with Gasteiger partial charge in [-0.3, -0.25) is 0 Å². The van der Waals surface area contributed by atoms with Gasteiger partial charge in [0.1, 0.15) is 0 Å². The van der Waals surface area contributed by atoms with E-state index >= 15 is 0 Å². The van der Waals surface area contributed by atoms with Crippen LogP contribution in [0.2, 0.25) is 0 Å². The minimum Gasteiger partial charge on any atom is -0.393 e. The Balaban J connectivity index is 0.000000310. The Hall–Kier alpha value is 0.190. The minimum absolute atomic E-state index is 0.115. The van der Waals surface area contributed by atoms with E-state index in [0.717, 1.165) is 6.42 Å². The van der Waals surface area contributed by atoms with Crippen LogP contribution in [0.5, 0.6) is 0 Å². The topological polar surface area (TPSA) is 81.5 Å². The van der Waals surface area contributed by atoms with Gasteiger partial charge in [0.15, 0.2) is 0 Å². The summed E-state index contributed by atoms with van der Waals surface area (Å²) in [6, 6.07) is 0.229. The average molecular weight is 208 g/mol. The molecule has 0 aromatic carbocycles. The summed E-state index contributed by atoms with van der Waals surface area (Å²) in [5.74, 6) is 0. The number of rotatable bonds is 1. The van der Waals surface area contributed by atoms with Crippen LogP contribution in [0, 0.1) is 0 Å². The van der Waals surface area contributed by atoms with E-state index in [4.69, 9.17) is 16.6 Å². The van der Waals surface area contributed by atoms with Crippen LogP contribution in [-0.4, -0.2) is 36.7 Å². The van der Waals surface area contributed by atoms with E-state index in [0.29, 0.717) is 12.8 Å². The zero-order valence-electron chi connectivity index (χ0n) is 8.27. The molecule has 0 aromatic rings. The first kappa shape index (κ1) is 13.2. The van der Waals surface area contributed by atoms with E-state index in [1.807, 2.05) is 6.26 Å². The maximum absolute atomic E-state index is 9.09. The van der Waals surface area contributed by atoms with Gasteiger partial charge in [-0.05, 0) is 31.3 Å². The first-order valence-electron chi connectivity index (χ1n) is 4.36. The van der Waals surface area contributed by atoms with Crippen LogP contribution < -0.4 is 11.5 Å². The summed E-state index contributed by atoms with van der Waals surface area (Å²) >= 11 is 1.36. The molecule has 0 saturated heterocycles. The maximum Gasteiger partial charge on any atom is 0.0569 e. The van der Waals surface area contributed by atoms with Gasteiger partial charge in [0.25, 0.3) is 0 Å². The van der Waals surface area contributed by atoms with Crippen molar-refractivity contribution in [3.8, 4) is 0 Å². The van der Waals surface area contributed by atoms with E-state index in [2.05, 4.69) is 4.18 Å². The molecule has 0 aliphatic heterocycles. The summed E-state index contributed by atoms with van der Waals surface area (Å²) < 4.78 is 4.46. The predicted octanol–water partition coefficient (Wildman–Crippen LogP) is 0.0966. The predicted molar refractivity (Wildman–Crippen MR) is 56.3 cm³/mol. The summed E-state index contributed by atoms with van der Waals surface area (Å²) in [7, 11) is 1.64. The summed E-state index contributed by atoms with van der Waals surface area (Å²) in [6.45, 7) is 0. The van der Waals surface area contributed by atoms with Crippen molar-refractivity contribution in [2.75, 3.05) is 13.4 Å². The molecular formula is C8H20N2O2S. The molecule has 13 heavy (non-hydrogen) atoms. The van der Waals surface area contributed by atoms with Crippen molar-refractivity contribution < 1.29 is 9.29 Å². The molecule has 0 radical (unpaired) electrons. The highest BCUT2D eigenvalue weighted by atomic mass is 32.2. The normalized spacial score (nSPS) is 33.5. The fraction of sp³-hybridized carbons (Fsp3) is 1.00. The highest BCUT2D eigenvalue weighted by Gasteiger charge is 2.22. The Morgan fingerprint density at radius 1 is 1.23 bits per heavy atom. The van der Waals surface area contributed by atoms with Gasteiger partial charge in [0.2, 0.25) is 0 Å². The van der Waals surface area contributed by atoms with Crippen molar-refractivity contribution in [1.82, 2.24) is 0 Å². The third-order valence-electron chi connectivity index (χ3n) is 1.92. The van der Waals surface area contributed by atoms with Gasteiger partial charge in [0.05, 0.1) is 13.2 Å². The molecule has 2 atom stereocenters. The molecule has 4 nitrogen and oxygen atoms in total. The van der Waals surface area contributed by atoms with Gasteiger partial charge in [-0.15, -0.1) is 0 Å². The lowest BCUT2D eigenvalue weighted by Gasteiger charge is -2.27. The Morgan fingerprint density at radius 3 is 1.85 bits per heavy atom. The van der Waals surface area contributed by atoms with E-state index in [1.165, 1.54) is 12.0 Å². The molecule has 1 saturated carbocycles. The van der Waals surface area contributed by atoms with E-state index in [9.17, 15) is 0 Å². The smallest absolute Gasteiger partial charge is 0.0569 e. The second-order valence-electron chi connectivity index (χ2n) is 3.21. The lowest BCUT2D eigenvalue weighted by atomic mass is 9.90. The molecule has 0 amide bonds. The second-order valence-corrected chi connectivity index (χ2v) is 3.88. The molecule has 5 heteroatoms. The van der Waals surface area contributed by atoms with Gasteiger partial charge in [-0.2, -0.15) is 0 Å². The number of aliphatic hydroxyl groups is 1. The second kappa shape index (κ2) is 7.58. The van der Waals surface area contributed by atoms with Crippen molar-refractivity contribution in [1.29, 1.82) is 0 Å². The molecular weight excluding hydrogens is 188 g/mol. The monoisotopic (exact) mass is 208 g/mol. The Kier molecular flexibility index (Phi) is 7.69. The summed E-state index contributed by atoms with van der Waals surface area (Å²) in [6.07, 6.45) is 3.90. The van der Waals surface area contributed by atoms with E-state index in [1.54, 1.807) is 7.11 Å². The third kappa shape index (κ3) is 7.28. The van der Waals surface area contributed by atoms with Crippen LogP contribution >= 0.6 is 12.0 Å². The van der Waals surface area contributed by atoms with Crippen LogP contribution in [0.3, 0.4) is 0 Å². The van der Waals surface area contributed by atoms with E-state index < -0.39 is 0 Å². The molecule has 80 valence electrons. The van der Waals surface area contributed by atoms with E-state index in [-0.39, 0.29) is 18.2 Å². The minimum atomic E-state index is -0.260. The summed E-state index contributed by atoms with van der Waals surface area (Å²) in [5, 5.41) is 9.09. The Labute approximate surface area is 84.2 Å². The van der Waals surface area contributed by atoms with Crippen molar-refractivity contribution in [2.45, 2.75) is 37.5 Å². The van der Waals surface area contributed by atoms with Crippen LogP contribution in [0.4, 0.5) is 0 Å². The highest BCUT2D eigenvalue weighted by Crippen LogP contribution is 2.15. The molecule has 1 fully saturated rings. The van der Waals surface area contributed by atoms with Crippen LogP contribution in [0.15, 0.2) is 0 Å². The van der Waals surface area contributed by atoms with Crippen molar-refractivity contribution in [3.05, 3.63) is 0 Å². The highest BCUT2D eigenvalue weighted by molar-refractivity contribution is 7.93. The molecule has 5 N–H and O–H groups in total. The molecule has 1 aliphatic rings. The maximum atomic E-state index is 9.09. The number of aliphatic hydroxyl groups excluding tert-OH is 1. The van der Waals surface area contributed by atoms with Gasteiger partial charge in [0, 0.05) is 18.3 Å².